The standard InChI is InChI=1S/C32H45N5O/c1-5-37(6-2)18-10-17-33-31-28-20-23(3)19-24(4)30(28)35-32(36-31)34-22-26-13-15-27(16-14-26)29(38)21-25-11-8-7-9-12-25/h7-9,11-12,19-20,26-27H,5-6,10,13-18,21-22H2,1-4H3,(H2,33,34,35,36). The van der Waals surface area contributed by atoms with Crippen molar-refractivity contribution in [1.82, 2.24) is 14.9 Å². The molecule has 1 saturated carbocycles. The molecule has 0 saturated heterocycles. The minimum absolute atomic E-state index is 0.196. The van der Waals surface area contributed by atoms with Crippen LogP contribution in [0.1, 0.15) is 62.6 Å². The fraction of sp³-hybridized carbons (Fsp3) is 0.531. The number of rotatable bonds is 13. The Morgan fingerprint density at radius 1 is 0.974 bits per heavy atom. The smallest absolute Gasteiger partial charge is 0.225 e. The zero-order valence-corrected chi connectivity index (χ0v) is 23.7. The summed E-state index contributed by atoms with van der Waals surface area (Å²) in [6, 6.07) is 14.5. The van der Waals surface area contributed by atoms with Gasteiger partial charge < -0.3 is 15.5 Å². The fourth-order valence-electron chi connectivity index (χ4n) is 5.71. The monoisotopic (exact) mass is 515 g/mol. The summed E-state index contributed by atoms with van der Waals surface area (Å²) in [5, 5.41) is 8.24. The number of carbonyl (C=O) groups excluding carboxylic acids is 1. The first kappa shape index (κ1) is 28.0. The summed E-state index contributed by atoms with van der Waals surface area (Å²) in [5.74, 6) is 2.74. The van der Waals surface area contributed by atoms with Gasteiger partial charge in [-0.1, -0.05) is 50.2 Å². The van der Waals surface area contributed by atoms with Gasteiger partial charge in [0, 0.05) is 30.8 Å². The summed E-state index contributed by atoms with van der Waals surface area (Å²) in [6.45, 7) is 13.7. The third-order valence-corrected chi connectivity index (χ3v) is 8.05. The molecule has 0 amide bonds. The molecule has 1 aromatic heterocycles. The van der Waals surface area contributed by atoms with E-state index >= 15 is 0 Å². The minimum atomic E-state index is 0.196. The summed E-state index contributed by atoms with van der Waals surface area (Å²) in [5.41, 5.74) is 4.53. The molecule has 1 aliphatic carbocycles. The summed E-state index contributed by atoms with van der Waals surface area (Å²) < 4.78 is 0. The van der Waals surface area contributed by atoms with Crippen LogP contribution in [0.2, 0.25) is 0 Å². The number of ketones is 1. The first-order chi connectivity index (χ1) is 18.5. The van der Waals surface area contributed by atoms with Gasteiger partial charge in [0.2, 0.25) is 5.95 Å². The second-order valence-corrected chi connectivity index (χ2v) is 10.9. The topological polar surface area (TPSA) is 70.2 Å². The molecular formula is C32H45N5O. The molecule has 0 radical (unpaired) electrons. The number of Topliss-reactive ketones (excluding diaryl/α,β-unsaturated/α-hetero) is 1. The van der Waals surface area contributed by atoms with Gasteiger partial charge in [0.25, 0.3) is 0 Å². The highest BCUT2D eigenvalue weighted by Gasteiger charge is 2.26. The van der Waals surface area contributed by atoms with Gasteiger partial charge in [0.1, 0.15) is 11.6 Å². The molecule has 0 bridgehead atoms. The van der Waals surface area contributed by atoms with Gasteiger partial charge in [-0.3, -0.25) is 4.79 Å². The molecule has 3 aromatic rings. The zero-order chi connectivity index (χ0) is 26.9. The molecule has 1 fully saturated rings. The number of hydrogen-bond acceptors (Lipinski definition) is 6. The van der Waals surface area contributed by atoms with Gasteiger partial charge in [-0.05, 0) is 94.3 Å². The molecule has 2 aromatic carbocycles. The van der Waals surface area contributed by atoms with E-state index in [-0.39, 0.29) is 5.92 Å². The van der Waals surface area contributed by atoms with Gasteiger partial charge in [-0.25, -0.2) is 4.98 Å². The quantitative estimate of drug-likeness (QED) is 0.256. The predicted octanol–water partition coefficient (Wildman–Crippen LogP) is 6.42. The van der Waals surface area contributed by atoms with E-state index in [0.29, 0.717) is 24.1 Å². The van der Waals surface area contributed by atoms with Crippen LogP contribution >= 0.6 is 0 Å². The lowest BCUT2D eigenvalue weighted by Gasteiger charge is -2.28. The average molecular weight is 516 g/mol. The summed E-state index contributed by atoms with van der Waals surface area (Å²) >= 11 is 0. The zero-order valence-electron chi connectivity index (χ0n) is 23.7. The van der Waals surface area contributed by atoms with Crippen LogP contribution < -0.4 is 10.6 Å². The molecule has 0 unspecified atom stereocenters. The van der Waals surface area contributed by atoms with Crippen molar-refractivity contribution < 1.29 is 4.79 Å². The molecule has 1 heterocycles. The van der Waals surface area contributed by atoms with Crippen molar-refractivity contribution in [2.45, 2.75) is 66.2 Å². The van der Waals surface area contributed by atoms with E-state index < -0.39 is 0 Å². The number of aryl methyl sites for hydroxylation is 2. The SMILES string of the molecule is CCN(CC)CCCNc1nc(NCC2CCC(C(=O)Cc3ccccc3)CC2)nc2c(C)cc(C)cc12. The van der Waals surface area contributed by atoms with E-state index in [1.54, 1.807) is 0 Å². The second-order valence-electron chi connectivity index (χ2n) is 10.9. The van der Waals surface area contributed by atoms with Crippen molar-refractivity contribution >= 4 is 28.5 Å². The Bertz CT molecular complexity index is 1180. The molecule has 6 nitrogen and oxygen atoms in total. The molecule has 4 rings (SSSR count). The van der Waals surface area contributed by atoms with Crippen LogP contribution in [0, 0.1) is 25.7 Å². The van der Waals surface area contributed by atoms with Gasteiger partial charge in [0.15, 0.2) is 0 Å². The number of benzene rings is 2. The summed E-state index contributed by atoms with van der Waals surface area (Å²) in [6.07, 6.45) is 5.74. The van der Waals surface area contributed by atoms with Crippen LogP contribution in [0.4, 0.5) is 11.8 Å². The number of nitrogens with zero attached hydrogens (tertiary/aromatic N) is 3. The van der Waals surface area contributed by atoms with Crippen molar-refractivity contribution in [3.63, 3.8) is 0 Å². The predicted molar refractivity (Wildman–Crippen MR) is 159 cm³/mol. The Labute approximate surface area is 228 Å². The van der Waals surface area contributed by atoms with E-state index in [2.05, 4.69) is 55.4 Å². The van der Waals surface area contributed by atoms with Crippen LogP contribution in [0.5, 0.6) is 0 Å². The lowest BCUT2D eigenvalue weighted by Crippen LogP contribution is -2.27. The maximum absolute atomic E-state index is 12.8. The van der Waals surface area contributed by atoms with Crippen LogP contribution in [0.15, 0.2) is 42.5 Å². The van der Waals surface area contributed by atoms with Crippen molar-refractivity contribution in [3.8, 4) is 0 Å². The first-order valence-electron chi connectivity index (χ1n) is 14.5. The highest BCUT2D eigenvalue weighted by Crippen LogP contribution is 2.31. The number of carbonyl (C=O) groups is 1. The van der Waals surface area contributed by atoms with Crippen molar-refractivity contribution in [2.24, 2.45) is 11.8 Å². The van der Waals surface area contributed by atoms with E-state index in [0.717, 1.165) is 87.1 Å². The molecule has 38 heavy (non-hydrogen) atoms. The van der Waals surface area contributed by atoms with Crippen LogP contribution in [-0.4, -0.2) is 53.4 Å². The minimum Gasteiger partial charge on any atom is -0.369 e. The second kappa shape index (κ2) is 13.7. The number of hydrogen-bond donors (Lipinski definition) is 2. The maximum atomic E-state index is 12.8. The molecule has 6 heteroatoms. The van der Waals surface area contributed by atoms with Gasteiger partial charge in [-0.2, -0.15) is 4.98 Å². The molecule has 2 N–H and O–H groups in total. The van der Waals surface area contributed by atoms with Gasteiger partial charge in [0.05, 0.1) is 5.52 Å². The summed E-state index contributed by atoms with van der Waals surface area (Å²) in [7, 11) is 0. The van der Waals surface area contributed by atoms with E-state index in [1.165, 1.54) is 11.1 Å². The average Bonchev–Trinajstić information content (AvgIpc) is 2.93. The van der Waals surface area contributed by atoms with Crippen LogP contribution in [-0.2, 0) is 11.2 Å². The number of fused-ring (bicyclic) bond motifs is 1. The first-order valence-corrected chi connectivity index (χ1v) is 14.5. The highest BCUT2D eigenvalue weighted by atomic mass is 16.1. The van der Waals surface area contributed by atoms with Crippen LogP contribution in [0.25, 0.3) is 10.9 Å². The molecular weight excluding hydrogens is 470 g/mol. The Kier molecular flexibility index (Phi) is 10.1. The third kappa shape index (κ3) is 7.53. The molecule has 0 atom stereocenters. The van der Waals surface area contributed by atoms with Gasteiger partial charge >= 0.3 is 0 Å². The normalized spacial score (nSPS) is 17.6. The Hall–Kier alpha value is -2.99. The van der Waals surface area contributed by atoms with Gasteiger partial charge in [-0.15, -0.1) is 0 Å². The van der Waals surface area contributed by atoms with Crippen molar-refractivity contribution in [1.29, 1.82) is 0 Å². The van der Waals surface area contributed by atoms with E-state index in [9.17, 15) is 4.79 Å². The van der Waals surface area contributed by atoms with Crippen molar-refractivity contribution in [3.05, 3.63) is 59.2 Å². The Morgan fingerprint density at radius 2 is 1.71 bits per heavy atom. The Morgan fingerprint density at radius 3 is 2.42 bits per heavy atom. The molecule has 1 aliphatic rings. The molecule has 0 spiro atoms. The molecule has 0 aliphatic heterocycles. The highest BCUT2D eigenvalue weighted by molar-refractivity contribution is 5.92. The van der Waals surface area contributed by atoms with Crippen LogP contribution in [0.3, 0.4) is 0 Å². The summed E-state index contributed by atoms with van der Waals surface area (Å²) in [4.78, 5) is 25.1. The maximum Gasteiger partial charge on any atom is 0.225 e. The Balaban J connectivity index is 1.35. The number of aromatic nitrogens is 2. The fourth-order valence-corrected chi connectivity index (χ4v) is 5.71. The van der Waals surface area contributed by atoms with Crippen molar-refractivity contribution in [2.75, 3.05) is 43.4 Å². The largest absolute Gasteiger partial charge is 0.369 e. The lowest BCUT2D eigenvalue weighted by molar-refractivity contribution is -0.123. The van der Waals surface area contributed by atoms with E-state index in [1.807, 2.05) is 30.3 Å². The number of anilines is 2. The number of nitrogens with one attached hydrogen (secondary N) is 2. The van der Waals surface area contributed by atoms with E-state index in [4.69, 9.17) is 9.97 Å². The third-order valence-electron chi connectivity index (χ3n) is 8.05. The lowest BCUT2D eigenvalue weighted by atomic mass is 9.79. The molecule has 204 valence electrons.